The van der Waals surface area contributed by atoms with E-state index in [1.165, 1.54) is 56.2 Å². The maximum atomic E-state index is 14.5. The number of unbranched alkanes of at least 4 members (excludes halogenated alkanes) is 1. The summed E-state index contributed by atoms with van der Waals surface area (Å²) in [4.78, 5) is 179. The summed E-state index contributed by atoms with van der Waals surface area (Å²) < 4.78 is 0. The second-order valence-electron chi connectivity index (χ2n) is 21.8. The average molecular weight is 1270 g/mol. The Morgan fingerprint density at radius 3 is 1.66 bits per heavy atom. The predicted molar refractivity (Wildman–Crippen MR) is 328 cm³/mol. The van der Waals surface area contributed by atoms with Gasteiger partial charge in [-0.05, 0) is 54.7 Å². The van der Waals surface area contributed by atoms with Gasteiger partial charge in [0.05, 0.1) is 43.0 Å². The molecule has 3 aromatic heterocycles. The van der Waals surface area contributed by atoms with E-state index in [0.29, 0.717) is 51.8 Å². The topological polar surface area (TPSA) is 499 Å². The van der Waals surface area contributed by atoms with Crippen LogP contribution in [0.3, 0.4) is 0 Å². The molecule has 0 fully saturated rings. The second-order valence-corrected chi connectivity index (χ2v) is 21.8. The van der Waals surface area contributed by atoms with E-state index in [2.05, 4.69) is 72.8 Å². The van der Waals surface area contributed by atoms with E-state index in [1.54, 1.807) is 60.8 Å². The molecular formula is C61H76N16O15. The first-order valence-electron chi connectivity index (χ1n) is 29.5. The molecule has 0 aliphatic carbocycles. The van der Waals surface area contributed by atoms with E-state index in [0.717, 1.165) is 0 Å². The Labute approximate surface area is 526 Å². The zero-order valence-corrected chi connectivity index (χ0v) is 50.4. The van der Waals surface area contributed by atoms with E-state index in [4.69, 9.17) is 11.5 Å². The highest BCUT2D eigenvalue weighted by molar-refractivity contribution is 5.99. The predicted octanol–water partition coefficient (Wildman–Crippen LogP) is -1.81. The highest BCUT2D eigenvalue weighted by atomic mass is 16.4. The molecule has 0 bridgehead atoms. The molecule has 490 valence electrons. The maximum Gasteiger partial charge on any atom is 0.305 e. The number of aromatic amines is 3. The van der Waals surface area contributed by atoms with Crippen LogP contribution in [0.15, 0.2) is 110 Å². The van der Waals surface area contributed by atoms with Crippen LogP contribution in [-0.4, -0.2) is 172 Å². The number of para-hydroxylation sites is 1. The van der Waals surface area contributed by atoms with Gasteiger partial charge >= 0.3 is 11.9 Å². The molecule has 0 unspecified atom stereocenters. The number of carboxylic acids is 2. The number of carboxylic acid groups (broad SMARTS) is 2. The minimum absolute atomic E-state index is 0.00448. The number of nitrogens with zero attached hydrogens (tertiary/aromatic N) is 2. The fourth-order valence-corrected chi connectivity index (χ4v) is 9.60. The van der Waals surface area contributed by atoms with Crippen LogP contribution in [0, 0.1) is 0 Å². The van der Waals surface area contributed by atoms with Crippen LogP contribution in [0.25, 0.3) is 10.9 Å². The number of H-pyrrole nitrogens is 3. The van der Waals surface area contributed by atoms with Crippen molar-refractivity contribution in [3.05, 3.63) is 138 Å². The largest absolute Gasteiger partial charge is 0.508 e. The lowest BCUT2D eigenvalue weighted by atomic mass is 10.0. The molecule has 3 aromatic carbocycles. The van der Waals surface area contributed by atoms with Crippen LogP contribution in [0.4, 0.5) is 0 Å². The van der Waals surface area contributed by atoms with Crippen molar-refractivity contribution in [2.45, 2.75) is 139 Å². The first-order chi connectivity index (χ1) is 44.0. The first kappa shape index (κ1) is 70.1. The number of aromatic nitrogens is 5. The lowest BCUT2D eigenvalue weighted by Gasteiger charge is -2.26. The molecule has 31 heteroatoms. The van der Waals surface area contributed by atoms with Crippen molar-refractivity contribution in [3.63, 3.8) is 0 Å². The number of benzene rings is 3. The van der Waals surface area contributed by atoms with Gasteiger partial charge in [-0.25, -0.2) is 9.97 Å². The van der Waals surface area contributed by atoms with Gasteiger partial charge in [-0.1, -0.05) is 80.4 Å². The highest BCUT2D eigenvalue weighted by Gasteiger charge is 2.35. The normalized spacial score (nSPS) is 14.0. The molecule has 10 amide bonds. The van der Waals surface area contributed by atoms with E-state index >= 15 is 0 Å². The van der Waals surface area contributed by atoms with Crippen molar-refractivity contribution in [2.24, 2.45) is 11.5 Å². The summed E-state index contributed by atoms with van der Waals surface area (Å²) in [5.74, 6) is -12.3. The molecule has 0 spiro atoms. The van der Waals surface area contributed by atoms with Gasteiger partial charge in [-0.15, -0.1) is 0 Å². The van der Waals surface area contributed by atoms with E-state index in [-0.39, 0.29) is 44.3 Å². The van der Waals surface area contributed by atoms with Gasteiger partial charge in [-0.2, -0.15) is 0 Å². The molecule has 92 heavy (non-hydrogen) atoms. The number of fused-ring (bicyclic) bond motifs is 1. The number of carbonyl (C=O) groups excluding carboxylic acids is 10. The molecular weight excluding hydrogens is 1200 g/mol. The molecule has 3 heterocycles. The number of imidazole rings is 2. The number of nitrogens with two attached hydrogens (primary N) is 2. The quantitative estimate of drug-likeness (QED) is 0.0204. The van der Waals surface area contributed by atoms with E-state index < -0.39 is 151 Å². The Bertz CT molecular complexity index is 3510. The lowest BCUT2D eigenvalue weighted by molar-refractivity contribution is -0.141. The SMILES string of the molecule is CCCC[C@H](NC(=O)[C@H](Cc1c[nH]c2ccccc12)NC(=O)CNC(=O)[C@H](Cc1ccc(O)cc1)NC(=O)[C@H](C)NC(=O)[C@H](CCC(=O)O)NC(=O)[C@H](Cc1c[nH]cn1)NC(=O)[C@@H](N)Cc1c[nH]cn1)C(=O)N[C@@H](CC(=O)O)C(=O)N[C@@H](Cc1ccccc1)C(N)=O. The zero-order valence-electron chi connectivity index (χ0n) is 50.4. The number of nitrogens with one attached hydrogen (secondary N) is 12. The molecule has 6 rings (SSSR count). The Morgan fingerprint density at radius 2 is 1.04 bits per heavy atom. The van der Waals surface area contributed by atoms with E-state index in [1.807, 2.05) is 6.92 Å². The fraction of sp³-hybridized carbons (Fsp3) is 0.377. The lowest BCUT2D eigenvalue weighted by Crippen LogP contribution is -2.59. The number of hydrogen-bond acceptors (Lipinski definition) is 16. The molecule has 0 aliphatic rings. The van der Waals surface area contributed by atoms with Crippen molar-refractivity contribution >= 4 is 81.9 Å². The fourth-order valence-electron chi connectivity index (χ4n) is 9.60. The van der Waals surface area contributed by atoms with Gasteiger partial charge in [0.25, 0.3) is 0 Å². The van der Waals surface area contributed by atoms with Crippen LogP contribution >= 0.6 is 0 Å². The van der Waals surface area contributed by atoms with Gasteiger partial charge in [0, 0.05) is 68.0 Å². The molecule has 0 aliphatic heterocycles. The third-order valence-corrected chi connectivity index (χ3v) is 14.6. The molecule has 0 saturated heterocycles. The number of hydrogen-bond donors (Lipinski definition) is 17. The standard InChI is InChI=1S/C61H76N16O15/c1-3-4-13-43(58(89)77-49(26-52(82)83)61(92)74-45(53(63)84)21-34-10-6-5-7-11-34)72-59(90)47(23-36-27-66-42-14-9-8-12-40(36)42)71-50(79)30-67-56(87)46(22-35-15-17-39(78)18-16-35)75-54(85)33(2)70-57(88)44(19-20-51(80)81)73-60(91)48(25-38-29-65-32-69-38)76-55(86)41(62)24-37-28-64-31-68-37/h5-12,14-18,27-29,31-33,41,43-49,66,78H,3-4,13,19-26,30,62H2,1-2H3,(H2,63,84)(H,64,68)(H,65,69)(H,67,87)(H,70,88)(H,71,79)(H,72,90)(H,73,91)(H,74,92)(H,75,85)(H,76,86)(H,77,89)(H,80,81)(H,82,83)/t33-,41-,43-,44-,45-,46-,47-,48-,49-/m0/s1. The van der Waals surface area contributed by atoms with Crippen LogP contribution in [-0.2, 0) is 89.6 Å². The summed E-state index contributed by atoms with van der Waals surface area (Å²) in [6.07, 6.45) is 5.46. The summed E-state index contributed by atoms with van der Waals surface area (Å²) in [7, 11) is 0. The molecule has 0 radical (unpaired) electrons. The van der Waals surface area contributed by atoms with Gasteiger partial charge in [0.1, 0.15) is 54.1 Å². The summed E-state index contributed by atoms with van der Waals surface area (Å²) in [5, 5.41) is 52.6. The Hall–Kier alpha value is -11.0. The molecule has 6 aromatic rings. The first-order valence-corrected chi connectivity index (χ1v) is 29.5. The molecule has 9 atom stereocenters. The summed E-state index contributed by atoms with van der Waals surface area (Å²) in [6, 6.07) is 8.07. The van der Waals surface area contributed by atoms with Crippen LogP contribution in [0.2, 0.25) is 0 Å². The van der Waals surface area contributed by atoms with Crippen LogP contribution < -0.4 is 59.3 Å². The van der Waals surface area contributed by atoms with Crippen molar-refractivity contribution in [1.82, 2.24) is 72.8 Å². The number of carbonyl (C=O) groups is 12. The smallest absolute Gasteiger partial charge is 0.305 e. The maximum absolute atomic E-state index is 14.5. The Kier molecular flexibility index (Phi) is 26.4. The summed E-state index contributed by atoms with van der Waals surface area (Å²) in [5.41, 5.74) is 14.8. The van der Waals surface area contributed by atoms with Crippen molar-refractivity contribution < 1.29 is 72.9 Å². The highest BCUT2D eigenvalue weighted by Crippen LogP contribution is 2.20. The molecule has 19 N–H and O–H groups in total. The van der Waals surface area contributed by atoms with Gasteiger partial charge in [0.2, 0.25) is 59.1 Å². The van der Waals surface area contributed by atoms with Crippen LogP contribution in [0.5, 0.6) is 5.75 Å². The number of phenols is 1. The van der Waals surface area contributed by atoms with Gasteiger partial charge < -0.3 is 89.6 Å². The Morgan fingerprint density at radius 1 is 0.522 bits per heavy atom. The van der Waals surface area contributed by atoms with Gasteiger partial charge in [0.15, 0.2) is 0 Å². The zero-order chi connectivity index (χ0) is 66.9. The minimum atomic E-state index is -1.75. The minimum Gasteiger partial charge on any atom is -0.508 e. The number of primary amides is 1. The van der Waals surface area contributed by atoms with Crippen molar-refractivity contribution in [1.29, 1.82) is 0 Å². The summed E-state index contributed by atoms with van der Waals surface area (Å²) >= 11 is 0. The monoisotopic (exact) mass is 1270 g/mol. The Balaban J connectivity index is 1.15. The van der Waals surface area contributed by atoms with E-state index in [9.17, 15) is 72.9 Å². The number of aromatic hydroxyl groups is 1. The van der Waals surface area contributed by atoms with Gasteiger partial charge in [-0.3, -0.25) is 57.5 Å². The molecule has 0 saturated carbocycles. The summed E-state index contributed by atoms with van der Waals surface area (Å²) in [6.45, 7) is 2.24. The number of amides is 10. The number of aliphatic carboxylic acids is 2. The average Bonchev–Trinajstić information content (AvgIpc) is 1.70. The third kappa shape index (κ3) is 22.3. The number of phenolic OH excluding ortho intramolecular Hbond substituents is 1. The van der Waals surface area contributed by atoms with Crippen molar-refractivity contribution in [2.75, 3.05) is 6.54 Å². The number of rotatable bonds is 37. The molecule has 31 nitrogen and oxygen atoms in total. The van der Waals surface area contributed by atoms with Crippen molar-refractivity contribution in [3.8, 4) is 5.75 Å². The second kappa shape index (κ2) is 34.7. The van der Waals surface area contributed by atoms with Crippen LogP contribution in [0.1, 0.15) is 80.5 Å². The third-order valence-electron chi connectivity index (χ3n) is 14.6.